The minimum atomic E-state index is -4.94. The lowest BCUT2D eigenvalue weighted by Gasteiger charge is -2.17. The molecule has 0 unspecified atom stereocenters. The number of nitrogens with two attached hydrogens (primary N) is 1. The number of nitrogen functional groups attached to an aromatic ring is 1. The van der Waals surface area contributed by atoms with Crippen LogP contribution in [0, 0.1) is 10.2 Å². The lowest BCUT2D eigenvalue weighted by molar-refractivity contribution is -2.00. The number of para-hydroxylation sites is 1. The van der Waals surface area contributed by atoms with Gasteiger partial charge in [-0.05, 0) is 25.0 Å². The molecule has 8 nitrogen and oxygen atoms in total. The molecule has 0 spiro atoms. The maximum atomic E-state index is 8.49. The fraction of sp³-hybridized carbons (Fsp3) is 0.286. The zero-order chi connectivity index (χ0) is 17.7. The van der Waals surface area contributed by atoms with Crippen LogP contribution in [0.1, 0.15) is 12.8 Å². The van der Waals surface area contributed by atoms with Gasteiger partial charge < -0.3 is 5.73 Å². The van der Waals surface area contributed by atoms with Crippen LogP contribution in [0.5, 0.6) is 0 Å². The SMILES string of the molecule is Nc1cn[n+](-c2ccccc2)c(N2CCCC2)c1Cl.[O-][Cl+3]([O-])([O-])[O-]. The predicted octanol–water partition coefficient (Wildman–Crippen LogP) is -2.56. The first kappa shape index (κ1) is 18.7. The lowest BCUT2D eigenvalue weighted by atomic mass is 10.3. The van der Waals surface area contributed by atoms with E-state index < -0.39 is 10.2 Å². The number of nitrogens with zero attached hydrogens (tertiary/aromatic N) is 3. The molecule has 3 rings (SSSR count). The molecule has 1 aromatic heterocycles. The topological polar surface area (TPSA) is 138 Å². The van der Waals surface area contributed by atoms with Crippen LogP contribution < -0.4 is 34.0 Å². The number of halogens is 2. The Bertz CT molecular complexity index is 670. The van der Waals surface area contributed by atoms with Crippen molar-refractivity contribution in [1.29, 1.82) is 0 Å². The maximum absolute atomic E-state index is 8.49. The molecule has 0 aliphatic carbocycles. The number of hydrogen-bond donors (Lipinski definition) is 1. The van der Waals surface area contributed by atoms with E-state index in [0.29, 0.717) is 10.7 Å². The number of benzene rings is 1. The maximum Gasteiger partial charge on any atom is 0.323 e. The standard InChI is InChI=1S/C14H15ClN4.ClHO4/c15-13-12(16)10-17-19(11-6-2-1-3-7-11)14(13)18-8-4-5-9-18;2-1(3,4)5/h1-3,6-7,10,16H,4-5,8-9H2;(H,2,3,4,5). The van der Waals surface area contributed by atoms with Gasteiger partial charge in [0, 0.05) is 0 Å². The van der Waals surface area contributed by atoms with E-state index in [1.165, 1.54) is 12.8 Å². The van der Waals surface area contributed by atoms with Gasteiger partial charge >= 0.3 is 5.82 Å². The first-order chi connectivity index (χ1) is 11.3. The minimum Gasteiger partial charge on any atom is -0.396 e. The average Bonchev–Trinajstić information content (AvgIpc) is 3.03. The van der Waals surface area contributed by atoms with Crippen molar-refractivity contribution in [3.63, 3.8) is 0 Å². The van der Waals surface area contributed by atoms with Gasteiger partial charge in [0.1, 0.15) is 0 Å². The first-order valence-electron chi connectivity index (χ1n) is 7.06. The van der Waals surface area contributed by atoms with Crippen LogP contribution >= 0.6 is 11.6 Å². The second-order valence-electron chi connectivity index (χ2n) is 5.06. The number of hydrogen-bond acceptors (Lipinski definition) is 7. The largest absolute Gasteiger partial charge is 0.396 e. The molecular weight excluding hydrogens is 359 g/mol. The van der Waals surface area contributed by atoms with Crippen molar-refractivity contribution in [1.82, 2.24) is 5.10 Å². The molecule has 0 bridgehead atoms. The van der Waals surface area contributed by atoms with E-state index >= 15 is 0 Å². The first-order valence-corrected chi connectivity index (χ1v) is 8.67. The third kappa shape index (κ3) is 5.17. The average molecular weight is 375 g/mol. The van der Waals surface area contributed by atoms with E-state index in [-0.39, 0.29) is 0 Å². The van der Waals surface area contributed by atoms with E-state index in [4.69, 9.17) is 36.0 Å². The smallest absolute Gasteiger partial charge is 0.323 e. The van der Waals surface area contributed by atoms with E-state index in [9.17, 15) is 0 Å². The highest BCUT2D eigenvalue weighted by Crippen LogP contribution is 2.29. The van der Waals surface area contributed by atoms with Crippen LogP contribution in [0.4, 0.5) is 11.5 Å². The summed E-state index contributed by atoms with van der Waals surface area (Å²) in [5.74, 6) is 0.894. The fourth-order valence-electron chi connectivity index (χ4n) is 2.41. The molecule has 2 heterocycles. The van der Waals surface area contributed by atoms with Crippen molar-refractivity contribution in [2.24, 2.45) is 0 Å². The molecule has 1 aromatic carbocycles. The molecule has 1 fully saturated rings. The number of anilines is 2. The molecule has 2 N–H and O–H groups in total. The Kier molecular flexibility index (Phi) is 6.16. The van der Waals surface area contributed by atoms with Gasteiger partial charge in [-0.15, -0.1) is 10.2 Å². The van der Waals surface area contributed by atoms with Gasteiger partial charge in [0.25, 0.3) is 0 Å². The molecule has 24 heavy (non-hydrogen) atoms. The highest BCUT2D eigenvalue weighted by atomic mass is 35.7. The molecule has 0 atom stereocenters. The van der Waals surface area contributed by atoms with E-state index in [0.717, 1.165) is 24.6 Å². The quantitative estimate of drug-likeness (QED) is 0.570. The Hall–Kier alpha value is -1.68. The zero-order valence-electron chi connectivity index (χ0n) is 12.6. The highest BCUT2D eigenvalue weighted by Gasteiger charge is 2.29. The summed E-state index contributed by atoms with van der Waals surface area (Å²) < 4.78 is 35.8. The molecule has 130 valence electrons. The zero-order valence-corrected chi connectivity index (χ0v) is 14.1. The summed E-state index contributed by atoms with van der Waals surface area (Å²) in [6.45, 7) is 2.00. The number of aromatic nitrogens is 2. The fourth-order valence-corrected chi connectivity index (χ4v) is 2.66. The molecule has 0 amide bonds. The van der Waals surface area contributed by atoms with Crippen LogP contribution in [-0.2, 0) is 0 Å². The summed E-state index contributed by atoms with van der Waals surface area (Å²) >= 11 is 6.40. The lowest BCUT2D eigenvalue weighted by Crippen LogP contribution is -2.68. The van der Waals surface area contributed by atoms with Crippen molar-refractivity contribution >= 4 is 23.1 Å². The summed E-state index contributed by atoms with van der Waals surface area (Å²) in [5, 5.41) is 5.00. The van der Waals surface area contributed by atoms with Gasteiger partial charge in [-0.3, -0.25) is 4.90 Å². The summed E-state index contributed by atoms with van der Waals surface area (Å²) in [7, 11) is -4.94. The molecule has 0 radical (unpaired) electrons. The normalized spacial score (nSPS) is 14.3. The Balaban J connectivity index is 0.000000368. The summed E-state index contributed by atoms with van der Waals surface area (Å²) in [4.78, 5) is 2.25. The van der Waals surface area contributed by atoms with Crippen LogP contribution in [0.3, 0.4) is 0 Å². The number of rotatable bonds is 2. The van der Waals surface area contributed by atoms with Gasteiger partial charge in [-0.2, -0.15) is 0 Å². The van der Waals surface area contributed by atoms with Crippen LogP contribution in [0.2, 0.25) is 5.02 Å². The van der Waals surface area contributed by atoms with Crippen molar-refractivity contribution in [3.8, 4) is 5.69 Å². The van der Waals surface area contributed by atoms with E-state index in [1.54, 1.807) is 6.20 Å². The third-order valence-electron chi connectivity index (χ3n) is 3.37. The molecule has 2 aromatic rings. The summed E-state index contributed by atoms with van der Waals surface area (Å²) in [6.07, 6.45) is 3.97. The summed E-state index contributed by atoms with van der Waals surface area (Å²) in [5.41, 5.74) is 7.42. The van der Waals surface area contributed by atoms with Crippen molar-refractivity contribution in [3.05, 3.63) is 41.6 Å². The molecule has 1 aliphatic rings. The second-order valence-corrected chi connectivity index (χ2v) is 6.19. The van der Waals surface area contributed by atoms with Gasteiger partial charge in [-0.25, -0.2) is 18.6 Å². The van der Waals surface area contributed by atoms with Gasteiger partial charge in [-0.1, -0.05) is 39.6 Å². The molecule has 10 heteroatoms. The van der Waals surface area contributed by atoms with Gasteiger partial charge in [0.05, 0.1) is 25.0 Å². The Morgan fingerprint density at radius 2 is 1.62 bits per heavy atom. The predicted molar refractivity (Wildman–Crippen MR) is 76.6 cm³/mol. The molecular formula is C14H16Cl2N4O4. The molecule has 1 aliphatic heterocycles. The second kappa shape index (κ2) is 7.93. The Morgan fingerprint density at radius 1 is 1.08 bits per heavy atom. The monoisotopic (exact) mass is 374 g/mol. The molecule has 1 saturated heterocycles. The van der Waals surface area contributed by atoms with E-state index in [1.807, 2.05) is 35.0 Å². The Labute approximate surface area is 146 Å². The highest BCUT2D eigenvalue weighted by molar-refractivity contribution is 6.35. The summed E-state index contributed by atoms with van der Waals surface area (Å²) in [6, 6.07) is 9.99. The van der Waals surface area contributed by atoms with E-state index in [2.05, 4.69) is 10.00 Å². The van der Waals surface area contributed by atoms with Gasteiger partial charge in [0.2, 0.25) is 0 Å². The van der Waals surface area contributed by atoms with Crippen molar-refractivity contribution in [2.45, 2.75) is 12.8 Å². The van der Waals surface area contributed by atoms with Crippen LogP contribution in [-0.4, -0.2) is 18.2 Å². The van der Waals surface area contributed by atoms with Crippen molar-refractivity contribution < 1.29 is 33.6 Å². The molecule has 0 saturated carbocycles. The van der Waals surface area contributed by atoms with Crippen LogP contribution in [0.15, 0.2) is 36.5 Å². The van der Waals surface area contributed by atoms with Crippen LogP contribution in [0.25, 0.3) is 5.69 Å². The minimum absolute atomic E-state index is 0.524. The Morgan fingerprint density at radius 3 is 2.17 bits per heavy atom. The van der Waals surface area contributed by atoms with Crippen molar-refractivity contribution in [2.75, 3.05) is 23.7 Å². The third-order valence-corrected chi connectivity index (χ3v) is 3.76. The van der Waals surface area contributed by atoms with Gasteiger partial charge in [0.15, 0.2) is 10.7 Å².